The summed E-state index contributed by atoms with van der Waals surface area (Å²) < 4.78 is 7.60. The molecule has 0 saturated heterocycles. The predicted molar refractivity (Wildman–Crippen MR) is 99.1 cm³/mol. The van der Waals surface area contributed by atoms with Gasteiger partial charge >= 0.3 is 5.97 Å². The Morgan fingerprint density at radius 3 is 2.60 bits per heavy atom. The molecule has 4 nitrogen and oxygen atoms in total. The van der Waals surface area contributed by atoms with Crippen molar-refractivity contribution in [3.05, 3.63) is 65.4 Å². The molecular weight excluding hydrogens is 314 g/mol. The SMILES string of the molecule is Cc1ccc(Cn2ccc3cc(O)ccc32)cc1C(=O)OC(C)(C)C. The second-order valence-corrected chi connectivity index (χ2v) is 7.34. The van der Waals surface area contributed by atoms with E-state index in [1.807, 2.05) is 64.2 Å². The number of aromatic nitrogens is 1. The van der Waals surface area contributed by atoms with Crippen LogP contribution < -0.4 is 0 Å². The normalized spacial score (nSPS) is 11.7. The number of hydrogen-bond acceptors (Lipinski definition) is 3. The van der Waals surface area contributed by atoms with Crippen LogP contribution in [0, 0.1) is 6.92 Å². The van der Waals surface area contributed by atoms with Crippen LogP contribution in [0.25, 0.3) is 10.9 Å². The highest BCUT2D eigenvalue weighted by molar-refractivity contribution is 5.91. The quantitative estimate of drug-likeness (QED) is 0.707. The van der Waals surface area contributed by atoms with E-state index >= 15 is 0 Å². The molecule has 0 saturated carbocycles. The number of fused-ring (bicyclic) bond motifs is 1. The fourth-order valence-electron chi connectivity index (χ4n) is 2.84. The Bertz CT molecular complexity index is 932. The summed E-state index contributed by atoms with van der Waals surface area (Å²) in [4.78, 5) is 12.4. The molecule has 1 aromatic heterocycles. The molecule has 1 N–H and O–H groups in total. The zero-order valence-electron chi connectivity index (χ0n) is 15.0. The van der Waals surface area contributed by atoms with Gasteiger partial charge in [0.25, 0.3) is 0 Å². The zero-order valence-corrected chi connectivity index (χ0v) is 15.0. The maximum Gasteiger partial charge on any atom is 0.338 e. The first kappa shape index (κ1) is 17.1. The van der Waals surface area contributed by atoms with Crippen molar-refractivity contribution in [2.45, 2.75) is 39.8 Å². The summed E-state index contributed by atoms with van der Waals surface area (Å²) in [5, 5.41) is 10.6. The molecule has 4 heteroatoms. The smallest absolute Gasteiger partial charge is 0.338 e. The van der Waals surface area contributed by atoms with Gasteiger partial charge < -0.3 is 14.4 Å². The number of carbonyl (C=O) groups excluding carboxylic acids is 1. The van der Waals surface area contributed by atoms with Crippen molar-refractivity contribution in [2.75, 3.05) is 0 Å². The Labute approximate surface area is 147 Å². The van der Waals surface area contributed by atoms with Crippen molar-refractivity contribution >= 4 is 16.9 Å². The molecule has 1 heterocycles. The number of phenols is 1. The van der Waals surface area contributed by atoms with E-state index in [2.05, 4.69) is 4.57 Å². The van der Waals surface area contributed by atoms with Crippen LogP contribution in [0.2, 0.25) is 0 Å². The molecule has 3 rings (SSSR count). The van der Waals surface area contributed by atoms with Gasteiger partial charge in [0.05, 0.1) is 5.56 Å². The van der Waals surface area contributed by atoms with E-state index in [9.17, 15) is 9.90 Å². The highest BCUT2D eigenvalue weighted by atomic mass is 16.6. The van der Waals surface area contributed by atoms with Crippen LogP contribution in [0.15, 0.2) is 48.7 Å². The molecule has 130 valence electrons. The van der Waals surface area contributed by atoms with E-state index in [4.69, 9.17) is 4.74 Å². The van der Waals surface area contributed by atoms with Crippen molar-refractivity contribution in [3.63, 3.8) is 0 Å². The lowest BCUT2D eigenvalue weighted by Crippen LogP contribution is -2.24. The molecule has 0 fully saturated rings. The second kappa shape index (κ2) is 6.28. The van der Waals surface area contributed by atoms with Gasteiger partial charge in [0.1, 0.15) is 11.4 Å². The van der Waals surface area contributed by atoms with Gasteiger partial charge in [0.2, 0.25) is 0 Å². The molecule has 0 amide bonds. The van der Waals surface area contributed by atoms with E-state index in [1.54, 1.807) is 12.1 Å². The van der Waals surface area contributed by atoms with E-state index < -0.39 is 5.60 Å². The summed E-state index contributed by atoms with van der Waals surface area (Å²) >= 11 is 0. The average molecular weight is 337 g/mol. The number of rotatable bonds is 3. The molecule has 0 bridgehead atoms. The molecule has 0 unspecified atom stereocenters. The second-order valence-electron chi connectivity index (χ2n) is 7.34. The highest BCUT2D eigenvalue weighted by Gasteiger charge is 2.19. The Hall–Kier alpha value is -2.75. The number of aromatic hydroxyl groups is 1. The fourth-order valence-corrected chi connectivity index (χ4v) is 2.84. The van der Waals surface area contributed by atoms with Gasteiger partial charge in [-0.15, -0.1) is 0 Å². The van der Waals surface area contributed by atoms with Crippen LogP contribution in [0.4, 0.5) is 0 Å². The Kier molecular flexibility index (Phi) is 4.29. The number of hydrogen-bond donors (Lipinski definition) is 1. The van der Waals surface area contributed by atoms with Gasteiger partial charge in [-0.05, 0) is 69.2 Å². The lowest BCUT2D eigenvalue weighted by atomic mass is 10.0. The third-order valence-electron chi connectivity index (χ3n) is 4.03. The van der Waals surface area contributed by atoms with Crippen molar-refractivity contribution in [1.82, 2.24) is 4.57 Å². The third kappa shape index (κ3) is 3.85. The minimum Gasteiger partial charge on any atom is -0.508 e. The van der Waals surface area contributed by atoms with E-state index in [0.29, 0.717) is 12.1 Å². The van der Waals surface area contributed by atoms with E-state index in [1.165, 1.54) is 0 Å². The minimum atomic E-state index is -0.516. The summed E-state index contributed by atoms with van der Waals surface area (Å²) in [5.74, 6) is -0.0399. The van der Waals surface area contributed by atoms with E-state index in [0.717, 1.165) is 22.0 Å². The lowest BCUT2D eigenvalue weighted by molar-refractivity contribution is 0.00686. The van der Waals surface area contributed by atoms with Crippen molar-refractivity contribution in [3.8, 4) is 5.75 Å². The summed E-state index contributed by atoms with van der Waals surface area (Å²) in [6.07, 6.45) is 1.98. The first-order valence-corrected chi connectivity index (χ1v) is 8.34. The predicted octanol–water partition coefficient (Wildman–Crippen LogP) is 4.66. The van der Waals surface area contributed by atoms with Gasteiger partial charge in [0, 0.05) is 23.6 Å². The Morgan fingerprint density at radius 1 is 1.12 bits per heavy atom. The fraction of sp³-hybridized carbons (Fsp3) is 0.286. The molecule has 0 aliphatic rings. The number of benzene rings is 2. The summed E-state index contributed by atoms with van der Waals surface area (Å²) in [5.41, 5.74) is 3.05. The standard InChI is InChI=1S/C21H23NO3/c1-14-5-6-15(11-18(14)20(24)25-21(2,3)4)13-22-10-9-16-12-17(23)7-8-19(16)22/h5-12,23H,13H2,1-4H3. The van der Waals surface area contributed by atoms with Crippen LogP contribution in [0.5, 0.6) is 5.75 Å². The Balaban J connectivity index is 1.90. The molecule has 0 spiro atoms. The Morgan fingerprint density at radius 2 is 1.88 bits per heavy atom. The van der Waals surface area contributed by atoms with Crippen molar-refractivity contribution in [2.24, 2.45) is 0 Å². The van der Waals surface area contributed by atoms with Crippen LogP contribution in [-0.4, -0.2) is 21.2 Å². The highest BCUT2D eigenvalue weighted by Crippen LogP contribution is 2.23. The molecule has 0 atom stereocenters. The van der Waals surface area contributed by atoms with Crippen LogP contribution in [-0.2, 0) is 11.3 Å². The third-order valence-corrected chi connectivity index (χ3v) is 4.03. The number of ether oxygens (including phenoxy) is 1. The maximum absolute atomic E-state index is 12.4. The number of aryl methyl sites for hydroxylation is 1. The van der Waals surface area contributed by atoms with Gasteiger partial charge in [0.15, 0.2) is 0 Å². The molecule has 3 aromatic rings. The summed E-state index contributed by atoms with van der Waals surface area (Å²) in [6, 6.07) is 13.2. The molecule has 0 radical (unpaired) electrons. The van der Waals surface area contributed by atoms with Crippen molar-refractivity contribution < 1.29 is 14.6 Å². The zero-order chi connectivity index (χ0) is 18.2. The number of esters is 1. The summed E-state index contributed by atoms with van der Waals surface area (Å²) in [7, 11) is 0. The molecule has 0 aliphatic carbocycles. The maximum atomic E-state index is 12.4. The minimum absolute atomic E-state index is 0.257. The van der Waals surface area contributed by atoms with Crippen molar-refractivity contribution in [1.29, 1.82) is 0 Å². The number of carbonyl (C=O) groups is 1. The number of nitrogens with zero attached hydrogens (tertiary/aromatic N) is 1. The first-order valence-electron chi connectivity index (χ1n) is 8.34. The molecule has 2 aromatic carbocycles. The molecule has 25 heavy (non-hydrogen) atoms. The van der Waals surface area contributed by atoms with Gasteiger partial charge in [-0.3, -0.25) is 0 Å². The molecule has 0 aliphatic heterocycles. The van der Waals surface area contributed by atoms with Gasteiger partial charge in [-0.1, -0.05) is 12.1 Å². The van der Waals surface area contributed by atoms with Gasteiger partial charge in [-0.2, -0.15) is 0 Å². The van der Waals surface area contributed by atoms with Crippen LogP contribution in [0.3, 0.4) is 0 Å². The largest absolute Gasteiger partial charge is 0.508 e. The van der Waals surface area contributed by atoms with Crippen LogP contribution >= 0.6 is 0 Å². The topological polar surface area (TPSA) is 51.5 Å². The van der Waals surface area contributed by atoms with Crippen LogP contribution in [0.1, 0.15) is 42.3 Å². The summed E-state index contributed by atoms with van der Waals surface area (Å²) in [6.45, 7) is 8.16. The van der Waals surface area contributed by atoms with Gasteiger partial charge in [-0.25, -0.2) is 4.79 Å². The molecular formula is C21H23NO3. The first-order chi connectivity index (χ1) is 11.7. The lowest BCUT2D eigenvalue weighted by Gasteiger charge is -2.20. The number of phenolic OH excluding ortho intramolecular Hbond substituents is 1. The van der Waals surface area contributed by atoms with E-state index in [-0.39, 0.29) is 11.7 Å². The average Bonchev–Trinajstić information content (AvgIpc) is 2.89. The monoisotopic (exact) mass is 337 g/mol.